The van der Waals surface area contributed by atoms with E-state index in [1.807, 2.05) is 30.3 Å². The molecule has 0 atom stereocenters. The van der Waals surface area contributed by atoms with Gasteiger partial charge in [0.1, 0.15) is 5.41 Å². The summed E-state index contributed by atoms with van der Waals surface area (Å²) in [7, 11) is 1.75. The van der Waals surface area contributed by atoms with E-state index in [1.54, 1.807) is 25.8 Å². The van der Waals surface area contributed by atoms with Crippen LogP contribution in [-0.2, 0) is 16.1 Å². The number of amides is 2. The first-order valence-corrected chi connectivity index (χ1v) is 7.47. The minimum atomic E-state index is -1.04. The van der Waals surface area contributed by atoms with Crippen molar-refractivity contribution in [3.63, 3.8) is 0 Å². The Hall–Kier alpha value is -1.84. The molecule has 21 heavy (non-hydrogen) atoms. The molecule has 1 rings (SSSR count). The molecule has 0 spiro atoms. The van der Waals surface area contributed by atoms with Crippen LogP contribution < -0.4 is 5.32 Å². The van der Waals surface area contributed by atoms with Gasteiger partial charge >= 0.3 is 0 Å². The maximum atomic E-state index is 12.4. The topological polar surface area (TPSA) is 49.4 Å². The van der Waals surface area contributed by atoms with E-state index >= 15 is 0 Å². The van der Waals surface area contributed by atoms with E-state index in [1.165, 1.54) is 0 Å². The number of rotatable bonds is 7. The average molecular weight is 290 g/mol. The second kappa shape index (κ2) is 7.81. The van der Waals surface area contributed by atoms with Gasteiger partial charge in [0.2, 0.25) is 11.8 Å². The molecule has 116 valence electrons. The molecule has 1 N–H and O–H groups in total. The minimum Gasteiger partial charge on any atom is -0.351 e. The second-order valence-corrected chi connectivity index (χ2v) is 5.87. The molecule has 0 aliphatic rings. The molecule has 1 aromatic carbocycles. The van der Waals surface area contributed by atoms with Gasteiger partial charge in [-0.2, -0.15) is 0 Å². The Morgan fingerprint density at radius 3 is 2.38 bits per heavy atom. The lowest BCUT2D eigenvalue weighted by atomic mass is 9.90. The molecular formula is C17H26N2O2. The fraction of sp³-hybridized carbons (Fsp3) is 0.529. The Morgan fingerprint density at radius 1 is 1.19 bits per heavy atom. The summed E-state index contributed by atoms with van der Waals surface area (Å²) in [4.78, 5) is 26.3. The number of hydrogen-bond donors (Lipinski definition) is 1. The summed E-state index contributed by atoms with van der Waals surface area (Å²) in [5.74, 6) is -0.374. The van der Waals surface area contributed by atoms with E-state index < -0.39 is 5.41 Å². The average Bonchev–Trinajstić information content (AvgIpc) is 2.50. The van der Waals surface area contributed by atoms with Crippen molar-refractivity contribution in [2.24, 2.45) is 5.41 Å². The highest BCUT2D eigenvalue weighted by Crippen LogP contribution is 2.19. The van der Waals surface area contributed by atoms with Crippen LogP contribution in [0.15, 0.2) is 30.3 Å². The third-order valence-electron chi connectivity index (χ3n) is 3.59. The Labute approximate surface area is 127 Å². The molecule has 0 unspecified atom stereocenters. The SMILES string of the molecule is CCCCN(C)C(=O)C(C)(C)C(=O)NCc1ccccc1. The number of nitrogens with one attached hydrogen (secondary N) is 1. The Balaban J connectivity index is 2.59. The van der Waals surface area contributed by atoms with E-state index in [2.05, 4.69) is 12.2 Å². The van der Waals surface area contributed by atoms with Gasteiger partial charge in [-0.05, 0) is 25.8 Å². The molecule has 0 saturated carbocycles. The largest absolute Gasteiger partial charge is 0.351 e. The van der Waals surface area contributed by atoms with Crippen LogP contribution in [0.3, 0.4) is 0 Å². The fourth-order valence-electron chi connectivity index (χ4n) is 2.07. The summed E-state index contributed by atoms with van der Waals surface area (Å²) in [5, 5.41) is 2.84. The van der Waals surface area contributed by atoms with Crippen LogP contribution >= 0.6 is 0 Å². The predicted octanol–water partition coefficient (Wildman–Crippen LogP) is 2.59. The number of hydrogen-bond acceptors (Lipinski definition) is 2. The lowest BCUT2D eigenvalue weighted by Gasteiger charge is -2.28. The zero-order valence-corrected chi connectivity index (χ0v) is 13.5. The van der Waals surface area contributed by atoms with Crippen LogP contribution in [-0.4, -0.2) is 30.3 Å². The molecule has 0 saturated heterocycles. The van der Waals surface area contributed by atoms with Crippen molar-refractivity contribution in [2.45, 2.75) is 40.2 Å². The van der Waals surface area contributed by atoms with Gasteiger partial charge < -0.3 is 10.2 Å². The van der Waals surface area contributed by atoms with Gasteiger partial charge in [0.05, 0.1) is 0 Å². The third kappa shape index (κ3) is 4.88. The number of benzene rings is 1. The quantitative estimate of drug-likeness (QED) is 0.785. The highest BCUT2D eigenvalue weighted by atomic mass is 16.2. The Morgan fingerprint density at radius 2 is 1.81 bits per heavy atom. The summed E-state index contributed by atoms with van der Waals surface area (Å²) in [6.07, 6.45) is 1.97. The van der Waals surface area contributed by atoms with Crippen molar-refractivity contribution in [1.29, 1.82) is 0 Å². The summed E-state index contributed by atoms with van der Waals surface area (Å²) in [5.41, 5.74) is -0.0227. The summed E-state index contributed by atoms with van der Waals surface area (Å²) < 4.78 is 0. The second-order valence-electron chi connectivity index (χ2n) is 5.87. The molecule has 0 heterocycles. The first kappa shape index (κ1) is 17.2. The van der Waals surface area contributed by atoms with E-state index in [4.69, 9.17) is 0 Å². The molecule has 1 aromatic rings. The Kier molecular flexibility index (Phi) is 6.40. The number of unbranched alkanes of at least 4 members (excludes halogenated alkanes) is 1. The molecule has 0 aliphatic carbocycles. The van der Waals surface area contributed by atoms with Crippen molar-refractivity contribution in [1.82, 2.24) is 10.2 Å². The smallest absolute Gasteiger partial charge is 0.237 e. The molecule has 0 fully saturated rings. The lowest BCUT2D eigenvalue weighted by molar-refractivity contribution is -0.147. The molecule has 4 nitrogen and oxygen atoms in total. The van der Waals surface area contributed by atoms with Gasteiger partial charge in [0.25, 0.3) is 0 Å². The van der Waals surface area contributed by atoms with E-state index in [-0.39, 0.29) is 11.8 Å². The van der Waals surface area contributed by atoms with Crippen molar-refractivity contribution >= 4 is 11.8 Å². The van der Waals surface area contributed by atoms with E-state index in [9.17, 15) is 9.59 Å². The first-order chi connectivity index (χ1) is 9.89. The van der Waals surface area contributed by atoms with Crippen LogP contribution in [0.2, 0.25) is 0 Å². The predicted molar refractivity (Wildman–Crippen MR) is 84.6 cm³/mol. The van der Waals surface area contributed by atoms with Gasteiger partial charge in [-0.1, -0.05) is 43.7 Å². The molecule has 0 radical (unpaired) electrons. The zero-order valence-electron chi connectivity index (χ0n) is 13.5. The lowest BCUT2D eigenvalue weighted by Crippen LogP contribution is -2.48. The molecular weight excluding hydrogens is 264 g/mol. The van der Waals surface area contributed by atoms with Crippen LogP contribution in [0, 0.1) is 5.41 Å². The van der Waals surface area contributed by atoms with Gasteiger partial charge in [-0.3, -0.25) is 9.59 Å². The standard InChI is InChI=1S/C17H26N2O2/c1-5-6-12-19(4)16(21)17(2,3)15(20)18-13-14-10-8-7-9-11-14/h7-11H,5-6,12-13H2,1-4H3,(H,18,20). The monoisotopic (exact) mass is 290 g/mol. The maximum Gasteiger partial charge on any atom is 0.237 e. The highest BCUT2D eigenvalue weighted by molar-refractivity contribution is 6.04. The zero-order chi connectivity index (χ0) is 15.9. The summed E-state index contributed by atoms with van der Waals surface area (Å²) in [6.45, 7) is 6.56. The van der Waals surface area contributed by atoms with Crippen LogP contribution in [0.4, 0.5) is 0 Å². The number of carbonyl (C=O) groups is 2. The van der Waals surface area contributed by atoms with E-state index in [0.717, 1.165) is 18.4 Å². The Bertz CT molecular complexity index is 469. The molecule has 0 aliphatic heterocycles. The van der Waals surface area contributed by atoms with Crippen molar-refractivity contribution in [3.05, 3.63) is 35.9 Å². The highest BCUT2D eigenvalue weighted by Gasteiger charge is 2.37. The maximum absolute atomic E-state index is 12.4. The van der Waals surface area contributed by atoms with E-state index in [0.29, 0.717) is 13.1 Å². The third-order valence-corrected chi connectivity index (χ3v) is 3.59. The first-order valence-electron chi connectivity index (χ1n) is 7.47. The van der Waals surface area contributed by atoms with Crippen LogP contribution in [0.1, 0.15) is 39.2 Å². The number of carbonyl (C=O) groups excluding carboxylic acids is 2. The van der Waals surface area contributed by atoms with Gasteiger partial charge in [-0.15, -0.1) is 0 Å². The van der Waals surface area contributed by atoms with Crippen molar-refractivity contribution < 1.29 is 9.59 Å². The summed E-state index contributed by atoms with van der Waals surface area (Å²) >= 11 is 0. The van der Waals surface area contributed by atoms with Crippen molar-refractivity contribution in [3.8, 4) is 0 Å². The van der Waals surface area contributed by atoms with Crippen molar-refractivity contribution in [2.75, 3.05) is 13.6 Å². The fourth-order valence-corrected chi connectivity index (χ4v) is 2.07. The molecule has 2 amide bonds. The van der Waals surface area contributed by atoms with Crippen LogP contribution in [0.5, 0.6) is 0 Å². The van der Waals surface area contributed by atoms with Gasteiger partial charge in [-0.25, -0.2) is 0 Å². The number of nitrogens with zero attached hydrogens (tertiary/aromatic N) is 1. The minimum absolute atomic E-state index is 0.137. The normalized spacial score (nSPS) is 11.0. The van der Waals surface area contributed by atoms with Gasteiger partial charge in [0.15, 0.2) is 0 Å². The van der Waals surface area contributed by atoms with Crippen LogP contribution in [0.25, 0.3) is 0 Å². The summed E-state index contributed by atoms with van der Waals surface area (Å²) in [6, 6.07) is 9.68. The molecule has 4 heteroatoms. The molecule has 0 aromatic heterocycles. The molecule has 0 bridgehead atoms. The van der Waals surface area contributed by atoms with Gasteiger partial charge in [0, 0.05) is 20.1 Å².